The van der Waals surface area contributed by atoms with Crippen LogP contribution in [0.5, 0.6) is 0 Å². The fourth-order valence-corrected chi connectivity index (χ4v) is 3.76. The number of imidazole rings is 1. The van der Waals surface area contributed by atoms with Gasteiger partial charge in [-0.3, -0.25) is 4.79 Å². The highest BCUT2D eigenvalue weighted by Crippen LogP contribution is 2.30. The summed E-state index contributed by atoms with van der Waals surface area (Å²) in [6.07, 6.45) is 10.2. The van der Waals surface area contributed by atoms with Gasteiger partial charge in [-0.25, -0.2) is 4.98 Å². The number of aromatic nitrogens is 2. The van der Waals surface area contributed by atoms with Crippen LogP contribution in [0.25, 0.3) is 0 Å². The average molecular weight is 291 g/mol. The Morgan fingerprint density at radius 3 is 3.00 bits per heavy atom. The third-order valence-corrected chi connectivity index (χ3v) is 4.99. The largest absolute Gasteiger partial charge is 0.380 e. The minimum absolute atomic E-state index is 0.0846. The van der Waals surface area contributed by atoms with E-state index in [9.17, 15) is 9.90 Å². The van der Waals surface area contributed by atoms with Gasteiger partial charge in [0.25, 0.3) is 5.91 Å². The molecule has 0 bridgehead atoms. The van der Waals surface area contributed by atoms with Crippen molar-refractivity contribution in [2.24, 2.45) is 5.92 Å². The number of carbonyl (C=O) groups is 1. The maximum absolute atomic E-state index is 12.5. The average Bonchev–Trinajstić information content (AvgIpc) is 2.94. The molecule has 1 N–H and O–H groups in total. The highest BCUT2D eigenvalue weighted by molar-refractivity contribution is 5.84. The van der Waals surface area contributed by atoms with Gasteiger partial charge in [-0.1, -0.05) is 19.3 Å². The lowest BCUT2D eigenvalue weighted by Gasteiger charge is -2.36. The molecule has 1 aromatic heterocycles. The van der Waals surface area contributed by atoms with Crippen LogP contribution in [0.3, 0.4) is 0 Å². The van der Waals surface area contributed by atoms with Crippen molar-refractivity contribution in [3.05, 3.63) is 18.2 Å². The van der Waals surface area contributed by atoms with Crippen LogP contribution in [-0.4, -0.2) is 44.7 Å². The van der Waals surface area contributed by atoms with Gasteiger partial charge in [0.2, 0.25) is 0 Å². The molecule has 0 saturated heterocycles. The molecule has 0 unspecified atom stereocenters. The fraction of sp³-hybridized carbons (Fsp3) is 0.750. The second-order valence-electron chi connectivity index (χ2n) is 6.68. The number of rotatable bonds is 3. The fourth-order valence-electron chi connectivity index (χ4n) is 3.76. The molecule has 21 heavy (non-hydrogen) atoms. The van der Waals surface area contributed by atoms with Crippen molar-refractivity contribution in [3.63, 3.8) is 0 Å². The number of aliphatic hydroxyl groups is 1. The van der Waals surface area contributed by atoms with Crippen LogP contribution in [-0.2, 0) is 17.8 Å². The molecule has 1 aliphatic carbocycles. The van der Waals surface area contributed by atoms with Crippen LogP contribution in [0.4, 0.5) is 0 Å². The Kier molecular flexibility index (Phi) is 4.02. The molecule has 0 spiro atoms. The molecule has 1 aliphatic heterocycles. The van der Waals surface area contributed by atoms with E-state index < -0.39 is 5.60 Å². The van der Waals surface area contributed by atoms with Crippen molar-refractivity contribution in [1.82, 2.24) is 14.5 Å². The molecular weight excluding hydrogens is 266 g/mol. The van der Waals surface area contributed by atoms with E-state index in [2.05, 4.69) is 9.55 Å². The predicted octanol–water partition coefficient (Wildman–Crippen LogP) is 1.60. The first-order chi connectivity index (χ1) is 10.1. The number of amides is 1. The SMILES string of the molecule is CN(C[C@@H]1CCc2nccn2C1)C(=O)C1(O)CCCCC1. The zero-order valence-corrected chi connectivity index (χ0v) is 12.8. The van der Waals surface area contributed by atoms with Gasteiger partial charge in [0.15, 0.2) is 0 Å². The standard InChI is InChI=1S/C16H25N3O2/c1-18(15(20)16(21)7-3-2-4-8-16)11-13-5-6-14-17-9-10-19(14)12-13/h9-10,13,21H,2-8,11-12H2,1H3/t13-/m0/s1. The van der Waals surface area contributed by atoms with Gasteiger partial charge in [0, 0.05) is 39.0 Å². The first-order valence-electron chi connectivity index (χ1n) is 8.06. The van der Waals surface area contributed by atoms with E-state index in [-0.39, 0.29) is 5.91 Å². The summed E-state index contributed by atoms with van der Waals surface area (Å²) < 4.78 is 2.18. The highest BCUT2D eigenvalue weighted by Gasteiger charge is 2.39. The summed E-state index contributed by atoms with van der Waals surface area (Å²) in [5.41, 5.74) is -1.11. The number of nitrogens with zero attached hydrogens (tertiary/aromatic N) is 3. The normalized spacial score (nSPS) is 24.4. The van der Waals surface area contributed by atoms with Crippen LogP contribution < -0.4 is 0 Å². The second kappa shape index (κ2) is 5.79. The maximum Gasteiger partial charge on any atom is 0.254 e. The molecule has 3 rings (SSSR count). The topological polar surface area (TPSA) is 58.4 Å². The van der Waals surface area contributed by atoms with Crippen LogP contribution in [0.15, 0.2) is 12.4 Å². The smallest absolute Gasteiger partial charge is 0.254 e. The van der Waals surface area contributed by atoms with E-state index >= 15 is 0 Å². The van der Waals surface area contributed by atoms with Crippen LogP contribution >= 0.6 is 0 Å². The zero-order chi connectivity index (χ0) is 14.9. The Labute approximate surface area is 126 Å². The Bertz CT molecular complexity index is 505. The van der Waals surface area contributed by atoms with Crippen molar-refractivity contribution in [2.45, 2.75) is 57.1 Å². The van der Waals surface area contributed by atoms with Crippen molar-refractivity contribution in [2.75, 3.05) is 13.6 Å². The minimum atomic E-state index is -1.11. The van der Waals surface area contributed by atoms with Crippen LogP contribution in [0.1, 0.15) is 44.3 Å². The van der Waals surface area contributed by atoms with Crippen molar-refractivity contribution in [3.8, 4) is 0 Å². The second-order valence-corrected chi connectivity index (χ2v) is 6.68. The van der Waals surface area contributed by atoms with E-state index in [1.807, 2.05) is 19.4 Å². The van der Waals surface area contributed by atoms with E-state index in [1.54, 1.807) is 4.90 Å². The van der Waals surface area contributed by atoms with Crippen LogP contribution in [0.2, 0.25) is 0 Å². The lowest BCUT2D eigenvalue weighted by molar-refractivity contribution is -0.154. The molecule has 2 heterocycles. The van der Waals surface area contributed by atoms with Gasteiger partial charge < -0.3 is 14.6 Å². The summed E-state index contributed by atoms with van der Waals surface area (Å²) in [6.45, 7) is 1.64. The molecule has 1 saturated carbocycles. The molecule has 1 aromatic rings. The molecule has 0 aromatic carbocycles. The number of carbonyl (C=O) groups excluding carboxylic acids is 1. The number of hydrogen-bond acceptors (Lipinski definition) is 3. The van der Waals surface area contributed by atoms with E-state index in [0.29, 0.717) is 18.8 Å². The van der Waals surface area contributed by atoms with Gasteiger partial charge in [-0.15, -0.1) is 0 Å². The number of fused-ring (bicyclic) bond motifs is 1. The molecule has 1 atom stereocenters. The van der Waals surface area contributed by atoms with Gasteiger partial charge in [0.1, 0.15) is 11.4 Å². The molecular formula is C16H25N3O2. The first-order valence-corrected chi connectivity index (χ1v) is 8.06. The Morgan fingerprint density at radius 1 is 1.48 bits per heavy atom. The summed E-state index contributed by atoms with van der Waals surface area (Å²) in [7, 11) is 1.83. The molecule has 5 heteroatoms. The Balaban J connectivity index is 1.59. The van der Waals surface area contributed by atoms with Crippen molar-refractivity contribution >= 4 is 5.91 Å². The predicted molar refractivity (Wildman–Crippen MR) is 79.7 cm³/mol. The van der Waals surface area contributed by atoms with E-state index in [4.69, 9.17) is 0 Å². The van der Waals surface area contributed by atoms with Gasteiger partial charge in [-0.05, 0) is 25.2 Å². The molecule has 5 nitrogen and oxygen atoms in total. The molecule has 1 amide bonds. The quantitative estimate of drug-likeness (QED) is 0.920. The van der Waals surface area contributed by atoms with E-state index in [1.165, 1.54) is 0 Å². The molecule has 0 radical (unpaired) electrons. The summed E-state index contributed by atoms with van der Waals surface area (Å²) in [6, 6.07) is 0. The van der Waals surface area contributed by atoms with Gasteiger partial charge >= 0.3 is 0 Å². The van der Waals surface area contributed by atoms with Gasteiger partial charge in [-0.2, -0.15) is 0 Å². The molecule has 1 fully saturated rings. The summed E-state index contributed by atoms with van der Waals surface area (Å²) in [4.78, 5) is 18.6. The lowest BCUT2D eigenvalue weighted by Crippen LogP contribution is -2.50. The van der Waals surface area contributed by atoms with Gasteiger partial charge in [0.05, 0.1) is 0 Å². The van der Waals surface area contributed by atoms with E-state index in [0.717, 1.165) is 51.0 Å². The summed E-state index contributed by atoms with van der Waals surface area (Å²) >= 11 is 0. The zero-order valence-electron chi connectivity index (χ0n) is 12.8. The monoisotopic (exact) mass is 291 g/mol. The van der Waals surface area contributed by atoms with Crippen molar-refractivity contribution in [1.29, 1.82) is 0 Å². The summed E-state index contributed by atoms with van der Waals surface area (Å²) in [5, 5.41) is 10.6. The Morgan fingerprint density at radius 2 is 2.24 bits per heavy atom. The third-order valence-electron chi connectivity index (χ3n) is 4.99. The Hall–Kier alpha value is -1.36. The summed E-state index contributed by atoms with van der Waals surface area (Å²) in [5.74, 6) is 1.51. The lowest BCUT2D eigenvalue weighted by atomic mass is 9.83. The first kappa shape index (κ1) is 14.6. The van der Waals surface area contributed by atoms with Crippen LogP contribution in [0, 0.1) is 5.92 Å². The highest BCUT2D eigenvalue weighted by atomic mass is 16.3. The van der Waals surface area contributed by atoms with Crippen molar-refractivity contribution < 1.29 is 9.90 Å². The molecule has 2 aliphatic rings. The number of likely N-dealkylation sites (N-methyl/N-ethyl adjacent to an activating group) is 1. The number of hydrogen-bond donors (Lipinski definition) is 1. The maximum atomic E-state index is 12.5. The molecule has 116 valence electrons. The third kappa shape index (κ3) is 2.98. The number of aryl methyl sites for hydroxylation is 1. The minimum Gasteiger partial charge on any atom is -0.380 e.